The Morgan fingerprint density at radius 2 is 1.86 bits per heavy atom. The van der Waals surface area contributed by atoms with Gasteiger partial charge in [-0.05, 0) is 19.3 Å². The Hall–Kier alpha value is 0.499. The normalized spacial score (nSPS) is 46.4. The second kappa shape index (κ2) is 8.80. The van der Waals surface area contributed by atoms with Gasteiger partial charge in [0, 0.05) is 0 Å². The van der Waals surface area contributed by atoms with Gasteiger partial charge in [-0.2, -0.15) is 0 Å². The molecule has 0 amide bonds. The van der Waals surface area contributed by atoms with Gasteiger partial charge in [0.25, 0.3) is 0 Å². The predicted molar refractivity (Wildman–Crippen MR) is 128 cm³/mol. The fourth-order valence-corrected chi connectivity index (χ4v) is 9.98. The first-order chi connectivity index (χ1) is 13.8. The van der Waals surface area contributed by atoms with Gasteiger partial charge in [0.15, 0.2) is 0 Å². The zero-order valence-corrected chi connectivity index (χ0v) is 25.8. The fraction of sp³-hybridized carbons (Fsp3) is 0.926. The summed E-state index contributed by atoms with van der Waals surface area (Å²) in [5.41, 5.74) is 2.62. The molecule has 0 heterocycles. The van der Waals surface area contributed by atoms with Crippen molar-refractivity contribution < 1.29 is 5.11 Å². The quantitative estimate of drug-likeness (QED) is 0.338. The topological polar surface area (TPSA) is 20.2 Å². The molecule has 0 spiro atoms. The summed E-state index contributed by atoms with van der Waals surface area (Å²) in [6, 6.07) is 0. The van der Waals surface area contributed by atoms with Gasteiger partial charge >= 0.3 is 152 Å². The molecular formula is C27H48OSn. The Balaban J connectivity index is 1.46. The zero-order chi connectivity index (χ0) is 20.8. The van der Waals surface area contributed by atoms with Gasteiger partial charge in [-0.15, -0.1) is 0 Å². The van der Waals surface area contributed by atoms with Crippen molar-refractivity contribution in [1.82, 2.24) is 0 Å². The van der Waals surface area contributed by atoms with Gasteiger partial charge in [0.2, 0.25) is 0 Å². The van der Waals surface area contributed by atoms with Crippen molar-refractivity contribution in [1.29, 1.82) is 0 Å². The van der Waals surface area contributed by atoms with Gasteiger partial charge < -0.3 is 5.11 Å². The summed E-state index contributed by atoms with van der Waals surface area (Å²) >= 11 is 0.875. The summed E-state index contributed by atoms with van der Waals surface area (Å²) in [7, 11) is 0. The van der Waals surface area contributed by atoms with Crippen LogP contribution in [0.5, 0.6) is 0 Å². The summed E-state index contributed by atoms with van der Waals surface area (Å²) in [5.74, 6) is 5.65. The van der Waals surface area contributed by atoms with Crippen LogP contribution < -0.4 is 0 Å². The molecule has 1 N–H and O–H groups in total. The molecule has 4 aliphatic carbocycles. The minimum absolute atomic E-state index is 0.0737. The summed E-state index contributed by atoms with van der Waals surface area (Å²) in [6.07, 6.45) is 17.4. The predicted octanol–water partition coefficient (Wildman–Crippen LogP) is 6.15. The van der Waals surface area contributed by atoms with Crippen LogP contribution >= 0.6 is 0 Å². The van der Waals surface area contributed by atoms with E-state index in [1.54, 1.807) is 10.0 Å². The van der Waals surface area contributed by atoms with Crippen LogP contribution in [0, 0.1) is 46.3 Å². The van der Waals surface area contributed by atoms with Gasteiger partial charge in [-0.3, -0.25) is 0 Å². The average molecular weight is 507 g/mol. The van der Waals surface area contributed by atoms with E-state index in [0.29, 0.717) is 10.8 Å². The molecule has 1 unspecified atom stereocenters. The molecule has 0 aromatic carbocycles. The molecule has 0 radical (unpaired) electrons. The van der Waals surface area contributed by atoms with Crippen LogP contribution in [-0.2, 0) is 0 Å². The number of fused-ring (bicyclic) bond motifs is 5. The number of aliphatic hydroxyl groups is 1. The molecule has 0 bridgehead atoms. The van der Waals surface area contributed by atoms with Crippen molar-refractivity contribution in [3.8, 4) is 0 Å². The van der Waals surface area contributed by atoms with E-state index in [-0.39, 0.29) is 6.10 Å². The van der Waals surface area contributed by atoms with Gasteiger partial charge in [0.05, 0.1) is 6.10 Å². The summed E-state index contributed by atoms with van der Waals surface area (Å²) in [5, 5.41) is 10.2. The molecule has 0 aliphatic heterocycles. The molecule has 3 fully saturated rings. The molecular weight excluding hydrogens is 459 g/mol. The van der Waals surface area contributed by atoms with Crippen molar-refractivity contribution in [2.75, 3.05) is 0 Å². The number of hydrogen-bond donors (Lipinski definition) is 1. The van der Waals surface area contributed by atoms with Crippen LogP contribution in [0.15, 0.2) is 11.6 Å². The van der Waals surface area contributed by atoms with E-state index in [9.17, 15) is 5.11 Å². The van der Waals surface area contributed by atoms with E-state index in [1.165, 1.54) is 57.8 Å². The number of allylic oxidation sites excluding steroid dienone is 1. The second-order valence-corrected chi connectivity index (χ2v) is 14.6. The Labute approximate surface area is 194 Å². The third kappa shape index (κ3) is 4.03. The number of hydrogen-bond acceptors (Lipinski definition) is 1. The van der Waals surface area contributed by atoms with E-state index in [4.69, 9.17) is 0 Å². The molecule has 2 heteroatoms. The molecule has 0 saturated heterocycles. The van der Waals surface area contributed by atoms with Gasteiger partial charge in [0.1, 0.15) is 0 Å². The number of aliphatic hydroxyl groups excluding tert-OH is 1. The van der Waals surface area contributed by atoms with E-state index in [1.807, 2.05) is 0 Å². The van der Waals surface area contributed by atoms with Crippen LogP contribution in [0.25, 0.3) is 0 Å². The summed E-state index contributed by atoms with van der Waals surface area (Å²) < 4.78 is 1.55. The molecule has 166 valence electrons. The first-order valence-corrected chi connectivity index (χ1v) is 17.2. The first kappa shape index (κ1) is 22.7. The maximum absolute atomic E-state index is 10.2. The molecule has 9 atom stereocenters. The monoisotopic (exact) mass is 508 g/mol. The average Bonchev–Trinajstić information content (AvgIpc) is 3.05. The molecule has 4 aliphatic rings. The minimum atomic E-state index is -0.0737. The van der Waals surface area contributed by atoms with Crippen LogP contribution in [-0.4, -0.2) is 33.7 Å². The Morgan fingerprint density at radius 3 is 2.62 bits per heavy atom. The van der Waals surface area contributed by atoms with Crippen molar-refractivity contribution in [3.05, 3.63) is 11.6 Å². The van der Waals surface area contributed by atoms with Crippen LogP contribution in [0.2, 0.25) is 4.44 Å². The fourth-order valence-electron chi connectivity index (χ4n) is 8.81. The van der Waals surface area contributed by atoms with Crippen LogP contribution in [0.4, 0.5) is 0 Å². The third-order valence-corrected chi connectivity index (χ3v) is 14.9. The van der Waals surface area contributed by atoms with Gasteiger partial charge in [-0.1, -0.05) is 12.5 Å². The Bertz CT molecular complexity index is 614. The third-order valence-electron chi connectivity index (χ3n) is 10.9. The van der Waals surface area contributed by atoms with Crippen LogP contribution in [0.1, 0.15) is 98.3 Å². The molecule has 29 heavy (non-hydrogen) atoms. The van der Waals surface area contributed by atoms with Crippen molar-refractivity contribution in [3.63, 3.8) is 0 Å². The summed E-state index contributed by atoms with van der Waals surface area (Å²) in [4.78, 5) is 0. The molecule has 4 rings (SSSR count). The second-order valence-electron chi connectivity index (χ2n) is 12.3. The Morgan fingerprint density at radius 1 is 1.07 bits per heavy atom. The Kier molecular flexibility index (Phi) is 6.88. The first-order valence-electron chi connectivity index (χ1n) is 13.2. The van der Waals surface area contributed by atoms with E-state index < -0.39 is 0 Å². The SMILES string of the molecule is CC([CH2][SnH3])CCC[C@@H](C)[C@H]1CC[C@H]2[C@@H]3CC=C4C[C@@H](O)CC[C@]4(C)[C@H]3CC[C@]12C. The standard InChI is InChI=1S/C27H45O.Sn.3H/c1-18(2)7-6-8-19(3)23-11-12-24-22-10-9-20-17-21(28)13-15-26(20,4)25(22)14-16-27(23,24)5;;;;/h9,18-19,21-25,28H,1,6-8,10-17H2,2-5H3;;;;/t18?,19-,21+,22+,23-,24+,25+,26+,27-;;;;/m1..../s1. The van der Waals surface area contributed by atoms with E-state index >= 15 is 0 Å². The summed E-state index contributed by atoms with van der Waals surface area (Å²) in [6.45, 7) is 10.4. The maximum atomic E-state index is 10.2. The van der Waals surface area contributed by atoms with Crippen molar-refractivity contribution >= 4 is 22.5 Å². The molecule has 3 saturated carbocycles. The van der Waals surface area contributed by atoms with Gasteiger partial charge in [-0.25, -0.2) is 0 Å². The molecule has 1 nitrogen and oxygen atoms in total. The molecule has 0 aromatic rings. The van der Waals surface area contributed by atoms with Crippen LogP contribution in [0.3, 0.4) is 0 Å². The molecule has 0 aromatic heterocycles. The number of rotatable bonds is 6. The van der Waals surface area contributed by atoms with Crippen molar-refractivity contribution in [2.45, 2.75) is 109 Å². The van der Waals surface area contributed by atoms with E-state index in [2.05, 4.69) is 33.8 Å². The van der Waals surface area contributed by atoms with E-state index in [0.717, 1.165) is 70.9 Å². The zero-order valence-electron chi connectivity index (χ0n) is 20.1. The van der Waals surface area contributed by atoms with Crippen molar-refractivity contribution in [2.24, 2.45) is 46.3 Å².